The number of benzene rings is 1. The summed E-state index contributed by atoms with van der Waals surface area (Å²) in [4.78, 5) is 18.4. The molecule has 0 radical (unpaired) electrons. The number of para-hydroxylation sites is 1. The van der Waals surface area contributed by atoms with E-state index in [2.05, 4.69) is 23.7 Å². The number of hydrogen-bond acceptors (Lipinski definition) is 4. The quantitative estimate of drug-likeness (QED) is 0.764. The van der Waals surface area contributed by atoms with Gasteiger partial charge >= 0.3 is 5.97 Å². The van der Waals surface area contributed by atoms with Crippen molar-refractivity contribution in [2.75, 3.05) is 25.1 Å². The van der Waals surface area contributed by atoms with Gasteiger partial charge in [0.15, 0.2) is 0 Å². The van der Waals surface area contributed by atoms with Gasteiger partial charge < -0.3 is 14.7 Å². The summed E-state index contributed by atoms with van der Waals surface area (Å²) < 4.78 is 5.56. The average Bonchev–Trinajstić information content (AvgIpc) is 2.63. The Hall–Kier alpha value is -2.27. The number of carbonyl (C=O) groups is 1. The number of rotatable bonds is 5. The second-order valence-corrected chi connectivity index (χ2v) is 8.53. The van der Waals surface area contributed by atoms with Crippen molar-refractivity contribution in [2.45, 2.75) is 40.0 Å². The number of methoxy groups -OCH3 is 1. The molecule has 0 atom stereocenters. The van der Waals surface area contributed by atoms with Gasteiger partial charge in [0.05, 0.1) is 24.2 Å². The summed E-state index contributed by atoms with van der Waals surface area (Å²) >= 11 is 6.36. The van der Waals surface area contributed by atoms with Gasteiger partial charge in [0.1, 0.15) is 5.75 Å². The third-order valence-electron chi connectivity index (χ3n) is 5.59. The number of anilines is 1. The summed E-state index contributed by atoms with van der Waals surface area (Å²) in [6, 6.07) is 5.60. The normalized spacial score (nSPS) is 16.1. The van der Waals surface area contributed by atoms with Crippen molar-refractivity contribution >= 4 is 23.3 Å². The number of aromatic nitrogens is 1. The Morgan fingerprint density at radius 1 is 1.29 bits per heavy atom. The second kappa shape index (κ2) is 8.00. The summed E-state index contributed by atoms with van der Waals surface area (Å²) in [7, 11) is 1.59. The SMILES string of the molecule is COc1c(Cl)cccc1-c1cnc(C)c(CC(=O)O)c1N1CCC(C)(C)CC1. The highest BCUT2D eigenvalue weighted by Gasteiger charge is 2.30. The van der Waals surface area contributed by atoms with Crippen molar-refractivity contribution in [1.82, 2.24) is 4.98 Å². The molecule has 1 fully saturated rings. The van der Waals surface area contributed by atoms with Crippen LogP contribution in [0.25, 0.3) is 11.1 Å². The molecule has 0 bridgehead atoms. The highest BCUT2D eigenvalue weighted by molar-refractivity contribution is 6.32. The van der Waals surface area contributed by atoms with Crippen molar-refractivity contribution in [2.24, 2.45) is 5.41 Å². The van der Waals surface area contributed by atoms with Gasteiger partial charge in [-0.25, -0.2) is 0 Å². The number of ether oxygens (including phenoxy) is 1. The molecule has 0 saturated carbocycles. The molecule has 1 aliphatic rings. The lowest BCUT2D eigenvalue weighted by molar-refractivity contribution is -0.136. The molecular weight excluding hydrogens is 376 g/mol. The standard InChI is InChI=1S/C22H27ClN2O3/c1-14-16(12-19(26)27)20(25-10-8-22(2,3)9-11-25)17(13-24-14)15-6-5-7-18(23)21(15)28-4/h5-7,13H,8-12H2,1-4H3,(H,26,27). The third-order valence-corrected chi connectivity index (χ3v) is 5.89. The Morgan fingerprint density at radius 3 is 2.57 bits per heavy atom. The van der Waals surface area contributed by atoms with Crippen molar-refractivity contribution in [3.8, 4) is 16.9 Å². The summed E-state index contributed by atoms with van der Waals surface area (Å²) in [5.41, 5.74) is 4.42. The zero-order valence-corrected chi connectivity index (χ0v) is 17.6. The number of piperidine rings is 1. The molecule has 150 valence electrons. The molecule has 0 aliphatic carbocycles. The van der Waals surface area contributed by atoms with Crippen LogP contribution in [0, 0.1) is 12.3 Å². The van der Waals surface area contributed by atoms with Gasteiger partial charge in [0.2, 0.25) is 0 Å². The molecule has 1 aromatic carbocycles. The first-order chi connectivity index (χ1) is 13.2. The summed E-state index contributed by atoms with van der Waals surface area (Å²) in [5.74, 6) is -0.284. The highest BCUT2D eigenvalue weighted by Crippen LogP contribution is 2.44. The van der Waals surface area contributed by atoms with E-state index in [0.29, 0.717) is 16.2 Å². The summed E-state index contributed by atoms with van der Waals surface area (Å²) in [6.45, 7) is 8.18. The average molecular weight is 403 g/mol. The molecule has 0 unspecified atom stereocenters. The van der Waals surface area contributed by atoms with E-state index in [0.717, 1.165) is 54.0 Å². The number of halogens is 1. The Bertz CT molecular complexity index is 886. The van der Waals surface area contributed by atoms with E-state index in [1.54, 1.807) is 13.2 Å². The molecule has 5 nitrogen and oxygen atoms in total. The maximum Gasteiger partial charge on any atom is 0.307 e. The Balaban J connectivity index is 2.21. The van der Waals surface area contributed by atoms with Crippen LogP contribution in [0.15, 0.2) is 24.4 Å². The number of hydrogen-bond donors (Lipinski definition) is 1. The van der Waals surface area contributed by atoms with Gasteiger partial charge in [-0.1, -0.05) is 37.6 Å². The molecule has 28 heavy (non-hydrogen) atoms. The molecular formula is C22H27ClN2O3. The minimum Gasteiger partial charge on any atom is -0.495 e. The molecule has 0 amide bonds. The second-order valence-electron chi connectivity index (χ2n) is 8.13. The molecule has 1 aliphatic heterocycles. The van der Waals surface area contributed by atoms with E-state index in [1.807, 2.05) is 25.3 Å². The van der Waals surface area contributed by atoms with Crippen LogP contribution in [-0.2, 0) is 11.2 Å². The van der Waals surface area contributed by atoms with Crippen LogP contribution in [0.4, 0.5) is 5.69 Å². The van der Waals surface area contributed by atoms with E-state index < -0.39 is 5.97 Å². The predicted molar refractivity (Wildman–Crippen MR) is 113 cm³/mol. The Labute approximate surface area is 171 Å². The fourth-order valence-corrected chi connectivity index (χ4v) is 4.07. The van der Waals surface area contributed by atoms with E-state index in [-0.39, 0.29) is 6.42 Å². The molecule has 2 aromatic rings. The Morgan fingerprint density at radius 2 is 1.96 bits per heavy atom. The number of aryl methyl sites for hydroxylation is 1. The molecule has 2 heterocycles. The van der Waals surface area contributed by atoms with Crippen LogP contribution < -0.4 is 9.64 Å². The molecule has 6 heteroatoms. The smallest absolute Gasteiger partial charge is 0.307 e. The first kappa shape index (κ1) is 20.5. The first-order valence-electron chi connectivity index (χ1n) is 9.51. The summed E-state index contributed by atoms with van der Waals surface area (Å²) in [6.07, 6.45) is 3.84. The van der Waals surface area contributed by atoms with E-state index >= 15 is 0 Å². The number of nitrogens with zero attached hydrogens (tertiary/aromatic N) is 2. The molecule has 1 saturated heterocycles. The van der Waals surface area contributed by atoms with Gasteiger partial charge in [-0.15, -0.1) is 0 Å². The molecule has 1 aromatic heterocycles. The maximum atomic E-state index is 11.6. The molecule has 3 rings (SSSR count). The fraction of sp³-hybridized carbons (Fsp3) is 0.455. The van der Waals surface area contributed by atoms with Crippen LogP contribution in [0.1, 0.15) is 37.9 Å². The van der Waals surface area contributed by atoms with Crippen molar-refractivity contribution in [3.63, 3.8) is 0 Å². The number of carboxylic acid groups (broad SMARTS) is 1. The van der Waals surface area contributed by atoms with Gasteiger partial charge in [-0.3, -0.25) is 9.78 Å². The largest absolute Gasteiger partial charge is 0.495 e. The van der Waals surface area contributed by atoms with Crippen LogP contribution >= 0.6 is 11.6 Å². The fourth-order valence-electron chi connectivity index (χ4n) is 3.82. The molecule has 0 spiro atoms. The van der Waals surface area contributed by atoms with Crippen LogP contribution in [-0.4, -0.2) is 36.3 Å². The minimum absolute atomic E-state index is 0.0647. The van der Waals surface area contributed by atoms with Crippen LogP contribution in [0.2, 0.25) is 5.02 Å². The highest BCUT2D eigenvalue weighted by atomic mass is 35.5. The molecule has 1 N–H and O–H groups in total. The number of carboxylic acids is 1. The third kappa shape index (κ3) is 4.09. The maximum absolute atomic E-state index is 11.6. The number of aliphatic carboxylic acids is 1. The van der Waals surface area contributed by atoms with E-state index in [1.165, 1.54) is 0 Å². The summed E-state index contributed by atoms with van der Waals surface area (Å²) in [5, 5.41) is 10.0. The predicted octanol–water partition coefficient (Wildman–Crippen LogP) is 4.97. The first-order valence-corrected chi connectivity index (χ1v) is 9.89. The van der Waals surface area contributed by atoms with Crippen LogP contribution in [0.3, 0.4) is 0 Å². The number of pyridine rings is 1. The lowest BCUT2D eigenvalue weighted by Gasteiger charge is -2.40. The zero-order chi connectivity index (χ0) is 20.5. The van der Waals surface area contributed by atoms with E-state index in [4.69, 9.17) is 16.3 Å². The van der Waals surface area contributed by atoms with Crippen molar-refractivity contribution in [1.29, 1.82) is 0 Å². The van der Waals surface area contributed by atoms with Crippen molar-refractivity contribution in [3.05, 3.63) is 40.7 Å². The van der Waals surface area contributed by atoms with Crippen LogP contribution in [0.5, 0.6) is 5.75 Å². The lowest BCUT2D eigenvalue weighted by Crippen LogP contribution is -2.38. The zero-order valence-electron chi connectivity index (χ0n) is 16.9. The Kier molecular flexibility index (Phi) is 5.84. The van der Waals surface area contributed by atoms with Crippen molar-refractivity contribution < 1.29 is 14.6 Å². The topological polar surface area (TPSA) is 62.7 Å². The minimum atomic E-state index is -0.862. The van der Waals surface area contributed by atoms with Gasteiger partial charge in [-0.05, 0) is 31.2 Å². The monoisotopic (exact) mass is 402 g/mol. The van der Waals surface area contributed by atoms with Gasteiger partial charge in [0, 0.05) is 41.7 Å². The van der Waals surface area contributed by atoms with Gasteiger partial charge in [-0.2, -0.15) is 0 Å². The van der Waals surface area contributed by atoms with E-state index in [9.17, 15) is 9.90 Å². The van der Waals surface area contributed by atoms with Gasteiger partial charge in [0.25, 0.3) is 0 Å². The lowest BCUT2D eigenvalue weighted by atomic mass is 9.82.